The molecular formula is C19H23N3O4. The molecule has 0 bridgehead atoms. The van der Waals surface area contributed by atoms with Gasteiger partial charge in [0.15, 0.2) is 0 Å². The number of aromatic nitrogens is 1. The van der Waals surface area contributed by atoms with Gasteiger partial charge < -0.3 is 15.2 Å². The molecule has 0 saturated carbocycles. The Kier molecular flexibility index (Phi) is 5.92. The van der Waals surface area contributed by atoms with Gasteiger partial charge in [-0.3, -0.25) is 15.1 Å². The molecule has 3 rings (SSSR count). The van der Waals surface area contributed by atoms with Crippen LogP contribution in [0.3, 0.4) is 0 Å². The molecule has 1 saturated heterocycles. The second-order valence-electron chi connectivity index (χ2n) is 6.46. The number of hydrogen-bond acceptors (Lipinski definition) is 6. The van der Waals surface area contributed by atoms with Crippen molar-refractivity contribution in [2.75, 3.05) is 0 Å². The number of aliphatic hydroxyl groups excluding tert-OH is 1. The van der Waals surface area contributed by atoms with E-state index in [4.69, 9.17) is 4.74 Å². The maximum absolute atomic E-state index is 11.3. The summed E-state index contributed by atoms with van der Waals surface area (Å²) in [5, 5.41) is 25.3. The molecule has 2 heterocycles. The van der Waals surface area contributed by atoms with Crippen molar-refractivity contribution >= 4 is 5.69 Å². The number of benzene rings is 1. The van der Waals surface area contributed by atoms with E-state index in [-0.39, 0.29) is 17.8 Å². The highest BCUT2D eigenvalue weighted by Crippen LogP contribution is 2.36. The SMILES string of the molecule is CCC1OC(c2ccncc2[N+](=O)[O-])CC(NCc2ccccc2)C1O. The van der Waals surface area contributed by atoms with Crippen molar-refractivity contribution in [3.63, 3.8) is 0 Å². The van der Waals surface area contributed by atoms with E-state index < -0.39 is 17.1 Å². The Morgan fingerprint density at radius 3 is 2.81 bits per heavy atom. The number of aliphatic hydroxyl groups is 1. The summed E-state index contributed by atoms with van der Waals surface area (Å²) in [6, 6.07) is 11.3. The summed E-state index contributed by atoms with van der Waals surface area (Å²) < 4.78 is 5.98. The van der Waals surface area contributed by atoms with Gasteiger partial charge >= 0.3 is 0 Å². The van der Waals surface area contributed by atoms with Gasteiger partial charge in [0, 0.05) is 18.8 Å². The molecule has 1 aromatic heterocycles. The second kappa shape index (κ2) is 8.35. The van der Waals surface area contributed by atoms with Crippen LogP contribution in [0.5, 0.6) is 0 Å². The fourth-order valence-electron chi connectivity index (χ4n) is 3.38. The predicted molar refractivity (Wildman–Crippen MR) is 96.5 cm³/mol. The largest absolute Gasteiger partial charge is 0.389 e. The van der Waals surface area contributed by atoms with Crippen LogP contribution in [-0.2, 0) is 11.3 Å². The third kappa shape index (κ3) is 4.07. The first-order chi connectivity index (χ1) is 12.6. The summed E-state index contributed by atoms with van der Waals surface area (Å²) in [4.78, 5) is 14.7. The zero-order valence-electron chi connectivity index (χ0n) is 14.6. The van der Waals surface area contributed by atoms with Gasteiger partial charge in [-0.1, -0.05) is 37.3 Å². The third-order valence-corrected chi connectivity index (χ3v) is 4.79. The monoisotopic (exact) mass is 357 g/mol. The molecule has 138 valence electrons. The Hall–Kier alpha value is -2.35. The number of hydrogen-bond donors (Lipinski definition) is 2. The van der Waals surface area contributed by atoms with E-state index in [0.29, 0.717) is 24.9 Å². The van der Waals surface area contributed by atoms with E-state index in [1.54, 1.807) is 6.07 Å². The van der Waals surface area contributed by atoms with Crippen molar-refractivity contribution in [2.24, 2.45) is 0 Å². The molecule has 0 aliphatic carbocycles. The van der Waals surface area contributed by atoms with E-state index in [1.165, 1.54) is 12.4 Å². The third-order valence-electron chi connectivity index (χ3n) is 4.79. The zero-order valence-corrected chi connectivity index (χ0v) is 14.6. The fraction of sp³-hybridized carbons (Fsp3) is 0.421. The Labute approximate surface area is 152 Å². The van der Waals surface area contributed by atoms with Crippen molar-refractivity contribution < 1.29 is 14.8 Å². The lowest BCUT2D eigenvalue weighted by atomic mass is 9.90. The summed E-state index contributed by atoms with van der Waals surface area (Å²) in [6.45, 7) is 2.55. The van der Waals surface area contributed by atoms with E-state index >= 15 is 0 Å². The molecule has 2 N–H and O–H groups in total. The minimum atomic E-state index is -0.666. The topological polar surface area (TPSA) is 97.5 Å². The Morgan fingerprint density at radius 1 is 1.35 bits per heavy atom. The predicted octanol–water partition coefficient (Wildman–Crippen LogP) is 2.75. The first-order valence-electron chi connectivity index (χ1n) is 8.79. The van der Waals surface area contributed by atoms with Gasteiger partial charge in [-0.05, 0) is 24.5 Å². The van der Waals surface area contributed by atoms with E-state index in [9.17, 15) is 15.2 Å². The van der Waals surface area contributed by atoms with E-state index in [0.717, 1.165) is 5.56 Å². The molecular weight excluding hydrogens is 334 g/mol. The van der Waals surface area contributed by atoms with Gasteiger partial charge in [-0.25, -0.2) is 0 Å². The molecule has 1 aromatic carbocycles. The number of nitrogens with zero attached hydrogens (tertiary/aromatic N) is 2. The number of pyridine rings is 1. The quantitative estimate of drug-likeness (QED) is 0.609. The lowest BCUT2D eigenvalue weighted by molar-refractivity contribution is -0.386. The summed E-state index contributed by atoms with van der Waals surface area (Å²) in [5.41, 5.74) is 1.57. The normalized spacial score (nSPS) is 25.8. The summed E-state index contributed by atoms with van der Waals surface area (Å²) in [7, 11) is 0. The molecule has 0 amide bonds. The van der Waals surface area contributed by atoms with Crippen LogP contribution < -0.4 is 5.32 Å². The van der Waals surface area contributed by atoms with Crippen molar-refractivity contribution in [3.05, 3.63) is 70.0 Å². The van der Waals surface area contributed by atoms with Crippen molar-refractivity contribution in [1.29, 1.82) is 0 Å². The smallest absolute Gasteiger partial charge is 0.293 e. The number of nitro groups is 1. The minimum Gasteiger partial charge on any atom is -0.389 e. The first-order valence-corrected chi connectivity index (χ1v) is 8.79. The van der Waals surface area contributed by atoms with E-state index in [2.05, 4.69) is 10.3 Å². The zero-order chi connectivity index (χ0) is 18.5. The van der Waals surface area contributed by atoms with Gasteiger partial charge in [0.05, 0.1) is 28.8 Å². The molecule has 2 aromatic rings. The van der Waals surface area contributed by atoms with Crippen LogP contribution >= 0.6 is 0 Å². The van der Waals surface area contributed by atoms with Gasteiger partial charge in [0.25, 0.3) is 5.69 Å². The number of ether oxygens (including phenoxy) is 1. The molecule has 1 aliphatic rings. The van der Waals surface area contributed by atoms with Crippen molar-refractivity contribution in [2.45, 2.75) is 50.7 Å². The number of rotatable bonds is 6. The van der Waals surface area contributed by atoms with Crippen LogP contribution in [0.2, 0.25) is 0 Å². The molecule has 7 nitrogen and oxygen atoms in total. The van der Waals surface area contributed by atoms with E-state index in [1.807, 2.05) is 37.3 Å². The second-order valence-corrected chi connectivity index (χ2v) is 6.46. The molecule has 1 fully saturated rings. The molecule has 4 unspecified atom stereocenters. The first kappa shape index (κ1) is 18.4. The number of nitrogens with one attached hydrogen (secondary N) is 1. The Morgan fingerprint density at radius 2 is 2.12 bits per heavy atom. The van der Waals surface area contributed by atoms with Gasteiger partial charge in [0.1, 0.15) is 6.20 Å². The molecule has 4 atom stereocenters. The summed E-state index contributed by atoms with van der Waals surface area (Å²) >= 11 is 0. The lowest BCUT2D eigenvalue weighted by Gasteiger charge is -2.39. The highest BCUT2D eigenvalue weighted by molar-refractivity contribution is 5.39. The molecule has 0 radical (unpaired) electrons. The standard InChI is InChI=1S/C19H23N3O4/c1-2-17-19(23)15(21-11-13-6-4-3-5-7-13)10-18(26-17)14-8-9-20-12-16(14)22(24)25/h3-9,12,15,17-19,21,23H,2,10-11H2,1H3. The van der Waals surface area contributed by atoms with Crippen molar-refractivity contribution in [1.82, 2.24) is 10.3 Å². The van der Waals surface area contributed by atoms with Gasteiger partial charge in [-0.15, -0.1) is 0 Å². The maximum atomic E-state index is 11.3. The van der Waals surface area contributed by atoms with Crippen LogP contribution in [0.4, 0.5) is 5.69 Å². The Balaban J connectivity index is 1.79. The van der Waals surface area contributed by atoms with Crippen LogP contribution in [0.1, 0.15) is 37.0 Å². The average molecular weight is 357 g/mol. The highest BCUT2D eigenvalue weighted by atomic mass is 16.6. The highest BCUT2D eigenvalue weighted by Gasteiger charge is 2.39. The fourth-order valence-corrected chi connectivity index (χ4v) is 3.38. The van der Waals surface area contributed by atoms with Crippen molar-refractivity contribution in [3.8, 4) is 0 Å². The molecule has 7 heteroatoms. The van der Waals surface area contributed by atoms with Crippen LogP contribution in [0, 0.1) is 10.1 Å². The van der Waals surface area contributed by atoms with Gasteiger partial charge in [0.2, 0.25) is 0 Å². The average Bonchev–Trinajstić information content (AvgIpc) is 2.68. The van der Waals surface area contributed by atoms with Gasteiger partial charge in [-0.2, -0.15) is 0 Å². The van der Waals surface area contributed by atoms with Crippen LogP contribution in [0.25, 0.3) is 0 Å². The van der Waals surface area contributed by atoms with Crippen LogP contribution in [0.15, 0.2) is 48.8 Å². The minimum absolute atomic E-state index is 0.0504. The maximum Gasteiger partial charge on any atom is 0.293 e. The van der Waals surface area contributed by atoms with Crippen LogP contribution in [-0.4, -0.2) is 33.3 Å². The lowest BCUT2D eigenvalue weighted by Crippen LogP contribution is -2.51. The Bertz CT molecular complexity index is 741. The summed E-state index contributed by atoms with van der Waals surface area (Å²) in [6.07, 6.45) is 2.35. The summed E-state index contributed by atoms with van der Waals surface area (Å²) in [5.74, 6) is 0. The molecule has 26 heavy (non-hydrogen) atoms. The molecule has 1 aliphatic heterocycles. The molecule has 0 spiro atoms.